The summed E-state index contributed by atoms with van der Waals surface area (Å²) in [5, 5.41) is 0.672. The smallest absolute Gasteiger partial charge is 0.138 e. The van der Waals surface area contributed by atoms with E-state index in [0.29, 0.717) is 11.1 Å². The average molecular weight is 254 g/mol. The van der Waals surface area contributed by atoms with Crippen molar-refractivity contribution < 1.29 is 4.74 Å². The number of benzene rings is 1. The van der Waals surface area contributed by atoms with E-state index in [0.717, 1.165) is 24.2 Å². The lowest BCUT2D eigenvalue weighted by molar-refractivity contribution is 0.155. The Labute approximate surface area is 108 Å². The molecule has 0 spiro atoms. The standard InChI is InChI=1S/C14H20ClNO/c1-10(16)11-7-8-14(13(15)9-11)17-12-5-3-2-4-6-12/h7-10,12H,2-6,16H2,1H3. The molecule has 3 heteroatoms. The second-order valence-corrected chi connectivity index (χ2v) is 5.26. The zero-order valence-electron chi connectivity index (χ0n) is 10.3. The van der Waals surface area contributed by atoms with Gasteiger partial charge in [0.2, 0.25) is 0 Å². The Kier molecular flexibility index (Phi) is 4.30. The van der Waals surface area contributed by atoms with E-state index in [1.165, 1.54) is 19.3 Å². The van der Waals surface area contributed by atoms with Crippen LogP contribution in [0.1, 0.15) is 50.6 Å². The Morgan fingerprint density at radius 3 is 2.59 bits per heavy atom. The molecule has 2 nitrogen and oxygen atoms in total. The summed E-state index contributed by atoms with van der Waals surface area (Å²) in [6.45, 7) is 1.95. The molecule has 2 N–H and O–H groups in total. The van der Waals surface area contributed by atoms with Crippen LogP contribution in [0.3, 0.4) is 0 Å². The highest BCUT2D eigenvalue weighted by atomic mass is 35.5. The van der Waals surface area contributed by atoms with E-state index < -0.39 is 0 Å². The van der Waals surface area contributed by atoms with Crippen LogP contribution in [-0.4, -0.2) is 6.10 Å². The highest BCUT2D eigenvalue weighted by molar-refractivity contribution is 6.32. The number of halogens is 1. The zero-order chi connectivity index (χ0) is 12.3. The van der Waals surface area contributed by atoms with Gasteiger partial charge in [-0.2, -0.15) is 0 Å². The molecular weight excluding hydrogens is 234 g/mol. The van der Waals surface area contributed by atoms with Crippen molar-refractivity contribution in [3.05, 3.63) is 28.8 Å². The number of hydrogen-bond donors (Lipinski definition) is 1. The van der Waals surface area contributed by atoms with Crippen molar-refractivity contribution >= 4 is 11.6 Å². The minimum absolute atomic E-state index is 0.0104. The fourth-order valence-electron chi connectivity index (χ4n) is 2.26. The van der Waals surface area contributed by atoms with Gasteiger partial charge in [-0.05, 0) is 50.3 Å². The van der Waals surface area contributed by atoms with Crippen LogP contribution >= 0.6 is 11.6 Å². The number of rotatable bonds is 3. The predicted molar refractivity (Wildman–Crippen MR) is 71.6 cm³/mol. The van der Waals surface area contributed by atoms with Crippen LogP contribution < -0.4 is 10.5 Å². The minimum Gasteiger partial charge on any atom is -0.489 e. The van der Waals surface area contributed by atoms with Crippen molar-refractivity contribution in [2.75, 3.05) is 0 Å². The maximum atomic E-state index is 6.21. The largest absolute Gasteiger partial charge is 0.489 e. The molecule has 0 aliphatic heterocycles. The van der Waals surface area contributed by atoms with Crippen molar-refractivity contribution in [2.45, 2.75) is 51.2 Å². The van der Waals surface area contributed by atoms with E-state index in [-0.39, 0.29) is 6.04 Å². The third-order valence-corrected chi connectivity index (χ3v) is 3.62. The van der Waals surface area contributed by atoms with Gasteiger partial charge in [-0.25, -0.2) is 0 Å². The molecule has 0 aromatic heterocycles. The summed E-state index contributed by atoms with van der Waals surface area (Å²) in [4.78, 5) is 0. The fourth-order valence-corrected chi connectivity index (χ4v) is 2.49. The SMILES string of the molecule is CC(N)c1ccc(OC2CCCCC2)c(Cl)c1. The molecule has 0 amide bonds. The van der Waals surface area contributed by atoms with Crippen molar-refractivity contribution in [1.29, 1.82) is 0 Å². The van der Waals surface area contributed by atoms with Gasteiger partial charge in [0.05, 0.1) is 11.1 Å². The van der Waals surface area contributed by atoms with Gasteiger partial charge >= 0.3 is 0 Å². The van der Waals surface area contributed by atoms with Crippen LogP contribution in [0, 0.1) is 0 Å². The van der Waals surface area contributed by atoms with Crippen molar-refractivity contribution in [3.8, 4) is 5.75 Å². The number of hydrogen-bond acceptors (Lipinski definition) is 2. The second-order valence-electron chi connectivity index (χ2n) is 4.86. The number of ether oxygens (including phenoxy) is 1. The van der Waals surface area contributed by atoms with Gasteiger partial charge in [0.15, 0.2) is 0 Å². The summed E-state index contributed by atoms with van der Waals surface area (Å²) < 4.78 is 5.95. The van der Waals surface area contributed by atoms with Crippen LogP contribution in [0.2, 0.25) is 5.02 Å². The van der Waals surface area contributed by atoms with Crippen molar-refractivity contribution in [2.24, 2.45) is 5.73 Å². The lowest BCUT2D eigenvalue weighted by atomic mass is 9.98. The van der Waals surface area contributed by atoms with Gasteiger partial charge in [-0.3, -0.25) is 0 Å². The molecule has 1 unspecified atom stereocenters. The Hall–Kier alpha value is -0.730. The third kappa shape index (κ3) is 3.36. The molecular formula is C14H20ClNO. The minimum atomic E-state index is 0.0104. The second kappa shape index (κ2) is 5.74. The number of nitrogens with two attached hydrogens (primary N) is 1. The van der Waals surface area contributed by atoms with Gasteiger partial charge in [0.1, 0.15) is 5.75 Å². The van der Waals surface area contributed by atoms with E-state index in [1.54, 1.807) is 0 Å². The highest BCUT2D eigenvalue weighted by Crippen LogP contribution is 2.30. The summed E-state index contributed by atoms with van der Waals surface area (Å²) in [5.41, 5.74) is 6.86. The van der Waals surface area contributed by atoms with E-state index >= 15 is 0 Å². The van der Waals surface area contributed by atoms with Gasteiger partial charge in [0.25, 0.3) is 0 Å². The van der Waals surface area contributed by atoms with Gasteiger partial charge in [-0.1, -0.05) is 24.1 Å². The first kappa shape index (κ1) is 12.7. The molecule has 0 bridgehead atoms. The average Bonchev–Trinajstić information content (AvgIpc) is 2.33. The fraction of sp³-hybridized carbons (Fsp3) is 0.571. The van der Waals surface area contributed by atoms with Crippen molar-refractivity contribution in [3.63, 3.8) is 0 Å². The Balaban J connectivity index is 2.05. The zero-order valence-corrected chi connectivity index (χ0v) is 11.0. The van der Waals surface area contributed by atoms with Crippen LogP contribution in [0.4, 0.5) is 0 Å². The summed E-state index contributed by atoms with van der Waals surface area (Å²) >= 11 is 6.21. The Morgan fingerprint density at radius 2 is 2.00 bits per heavy atom. The molecule has 1 aliphatic carbocycles. The Bertz CT molecular complexity index is 372. The van der Waals surface area contributed by atoms with Crippen molar-refractivity contribution in [1.82, 2.24) is 0 Å². The van der Waals surface area contributed by atoms with Gasteiger partial charge in [-0.15, -0.1) is 0 Å². The maximum absolute atomic E-state index is 6.21. The molecule has 1 aliphatic rings. The monoisotopic (exact) mass is 253 g/mol. The van der Waals surface area contributed by atoms with Crippen LogP contribution in [0.15, 0.2) is 18.2 Å². The van der Waals surface area contributed by atoms with E-state index in [9.17, 15) is 0 Å². The first-order valence-corrected chi connectivity index (χ1v) is 6.76. The molecule has 1 atom stereocenters. The molecule has 0 heterocycles. The predicted octanol–water partition coefficient (Wildman–Crippen LogP) is 4.07. The topological polar surface area (TPSA) is 35.2 Å². The van der Waals surface area contributed by atoms with E-state index in [1.807, 2.05) is 25.1 Å². The third-order valence-electron chi connectivity index (χ3n) is 3.33. The quantitative estimate of drug-likeness (QED) is 0.881. The lowest BCUT2D eigenvalue weighted by Crippen LogP contribution is -2.19. The van der Waals surface area contributed by atoms with Crippen LogP contribution in [0.5, 0.6) is 5.75 Å². The summed E-state index contributed by atoms with van der Waals surface area (Å²) in [5.74, 6) is 0.794. The van der Waals surface area contributed by atoms with Gasteiger partial charge < -0.3 is 10.5 Å². The summed E-state index contributed by atoms with van der Waals surface area (Å²) in [6, 6.07) is 5.85. The molecule has 0 radical (unpaired) electrons. The lowest BCUT2D eigenvalue weighted by Gasteiger charge is -2.23. The maximum Gasteiger partial charge on any atom is 0.138 e. The highest BCUT2D eigenvalue weighted by Gasteiger charge is 2.16. The Morgan fingerprint density at radius 1 is 1.29 bits per heavy atom. The molecule has 2 rings (SSSR count). The summed E-state index contributed by atoms with van der Waals surface area (Å²) in [6.07, 6.45) is 6.48. The summed E-state index contributed by atoms with van der Waals surface area (Å²) in [7, 11) is 0. The first-order chi connectivity index (χ1) is 8.16. The van der Waals surface area contributed by atoms with E-state index in [2.05, 4.69) is 0 Å². The molecule has 0 saturated heterocycles. The molecule has 1 saturated carbocycles. The van der Waals surface area contributed by atoms with Gasteiger partial charge in [0, 0.05) is 6.04 Å². The normalized spacial score (nSPS) is 19.0. The molecule has 94 valence electrons. The molecule has 1 fully saturated rings. The molecule has 1 aromatic rings. The van der Waals surface area contributed by atoms with Crippen LogP contribution in [0.25, 0.3) is 0 Å². The van der Waals surface area contributed by atoms with E-state index in [4.69, 9.17) is 22.1 Å². The molecule has 1 aromatic carbocycles. The molecule has 17 heavy (non-hydrogen) atoms. The van der Waals surface area contributed by atoms with Crippen LogP contribution in [-0.2, 0) is 0 Å². The first-order valence-electron chi connectivity index (χ1n) is 6.38.